The van der Waals surface area contributed by atoms with E-state index in [9.17, 15) is 0 Å². The fourth-order valence-electron chi connectivity index (χ4n) is 2.79. The summed E-state index contributed by atoms with van der Waals surface area (Å²) in [5.74, 6) is 1.00. The summed E-state index contributed by atoms with van der Waals surface area (Å²) in [7, 11) is 3.31. The summed E-state index contributed by atoms with van der Waals surface area (Å²) in [4.78, 5) is 0. The molecular formula is C19H26N2O2. The molecule has 23 heavy (non-hydrogen) atoms. The molecule has 0 saturated heterocycles. The number of nitrogens with two attached hydrogens (primary N) is 2. The predicted molar refractivity (Wildman–Crippen MR) is 93.2 cm³/mol. The van der Waals surface area contributed by atoms with Gasteiger partial charge in [0, 0.05) is 18.7 Å². The minimum atomic E-state index is -0.827. The monoisotopic (exact) mass is 314 g/mol. The zero-order chi connectivity index (χ0) is 17.0. The standard InChI is InChI=1S/C19H26N2O2/c1-13(2)18(20)19(21,14-5-9-16(22-3)10-6-14)15-7-11-17(23-4)12-8-15/h5-7,9-13,17-18H,20-21H2,1-4H3/t17?,18?,19-/m1/s1. The summed E-state index contributed by atoms with van der Waals surface area (Å²) in [5, 5.41) is 0. The fourth-order valence-corrected chi connectivity index (χ4v) is 2.79. The molecule has 4 N–H and O–H groups in total. The lowest BCUT2D eigenvalue weighted by molar-refractivity contribution is 0.177. The minimum Gasteiger partial charge on any atom is -0.497 e. The Labute approximate surface area is 138 Å². The van der Waals surface area contributed by atoms with E-state index in [1.54, 1.807) is 14.2 Å². The van der Waals surface area contributed by atoms with Crippen molar-refractivity contribution in [2.45, 2.75) is 31.5 Å². The van der Waals surface area contributed by atoms with Crippen molar-refractivity contribution < 1.29 is 9.47 Å². The van der Waals surface area contributed by atoms with Gasteiger partial charge in [-0.15, -0.1) is 5.73 Å². The molecule has 0 bridgehead atoms. The first-order valence-electron chi connectivity index (χ1n) is 7.80. The molecular weight excluding hydrogens is 288 g/mol. The Morgan fingerprint density at radius 2 is 1.83 bits per heavy atom. The summed E-state index contributed by atoms with van der Waals surface area (Å²) in [6.45, 7) is 4.15. The van der Waals surface area contributed by atoms with Crippen LogP contribution in [0.2, 0.25) is 0 Å². The van der Waals surface area contributed by atoms with Gasteiger partial charge in [-0.2, -0.15) is 0 Å². The van der Waals surface area contributed by atoms with Crippen LogP contribution in [0.15, 0.2) is 53.8 Å². The van der Waals surface area contributed by atoms with Gasteiger partial charge in [-0.25, -0.2) is 0 Å². The lowest BCUT2D eigenvalue weighted by Crippen LogP contribution is -2.56. The topological polar surface area (TPSA) is 70.5 Å². The third-order valence-corrected chi connectivity index (χ3v) is 4.39. The molecule has 0 aromatic heterocycles. The highest BCUT2D eigenvalue weighted by Gasteiger charge is 2.39. The highest BCUT2D eigenvalue weighted by Crippen LogP contribution is 2.35. The van der Waals surface area contributed by atoms with Crippen LogP contribution in [0.5, 0.6) is 5.75 Å². The zero-order valence-electron chi connectivity index (χ0n) is 14.2. The summed E-state index contributed by atoms with van der Waals surface area (Å²) in [6.07, 6.45) is 5.71. The van der Waals surface area contributed by atoms with E-state index in [0.29, 0.717) is 0 Å². The first kappa shape index (κ1) is 17.5. The van der Waals surface area contributed by atoms with Crippen molar-refractivity contribution in [3.8, 4) is 5.75 Å². The van der Waals surface area contributed by atoms with Crippen LogP contribution in [-0.4, -0.2) is 26.4 Å². The van der Waals surface area contributed by atoms with E-state index in [-0.39, 0.29) is 18.1 Å². The second-order valence-electron chi connectivity index (χ2n) is 6.15. The lowest BCUT2D eigenvalue weighted by atomic mass is 9.73. The Bertz CT molecular complexity index is 627. The molecule has 2 rings (SSSR count). The Hall–Kier alpha value is -1.84. The van der Waals surface area contributed by atoms with Crippen molar-refractivity contribution in [3.05, 3.63) is 59.4 Å². The molecule has 0 amide bonds. The fraction of sp³-hybridized carbons (Fsp3) is 0.421. The van der Waals surface area contributed by atoms with Gasteiger partial charge in [-0.1, -0.05) is 38.1 Å². The normalized spacial score (nSPS) is 21.0. The van der Waals surface area contributed by atoms with Gasteiger partial charge in [0.2, 0.25) is 0 Å². The number of methoxy groups -OCH3 is 2. The summed E-state index contributed by atoms with van der Waals surface area (Å²) < 4.78 is 10.5. The quantitative estimate of drug-likeness (QED) is 0.792. The summed E-state index contributed by atoms with van der Waals surface area (Å²) in [5.41, 5.74) is 17.6. The van der Waals surface area contributed by atoms with Crippen LogP contribution in [-0.2, 0) is 10.3 Å². The van der Waals surface area contributed by atoms with Crippen molar-refractivity contribution in [3.63, 3.8) is 0 Å². The number of hydrogen-bond acceptors (Lipinski definition) is 4. The smallest absolute Gasteiger partial charge is 0.118 e. The molecule has 1 aromatic carbocycles. The Balaban J connectivity index is 2.53. The number of rotatable bonds is 6. The second-order valence-corrected chi connectivity index (χ2v) is 6.15. The van der Waals surface area contributed by atoms with Gasteiger partial charge < -0.3 is 20.9 Å². The predicted octanol–water partition coefficient (Wildman–Crippen LogP) is 2.50. The molecule has 0 fully saturated rings. The van der Waals surface area contributed by atoms with Crippen LogP contribution in [0.3, 0.4) is 0 Å². The van der Waals surface area contributed by atoms with Crippen molar-refractivity contribution in [1.29, 1.82) is 0 Å². The molecule has 0 radical (unpaired) electrons. The van der Waals surface area contributed by atoms with E-state index in [2.05, 4.69) is 19.6 Å². The highest BCUT2D eigenvalue weighted by molar-refractivity contribution is 5.46. The maximum absolute atomic E-state index is 6.84. The van der Waals surface area contributed by atoms with E-state index in [4.69, 9.17) is 20.9 Å². The molecule has 4 heteroatoms. The molecule has 1 aliphatic carbocycles. The zero-order valence-corrected chi connectivity index (χ0v) is 14.2. The van der Waals surface area contributed by atoms with Crippen molar-refractivity contribution in [1.82, 2.24) is 0 Å². The minimum absolute atomic E-state index is 0.0749. The van der Waals surface area contributed by atoms with Crippen LogP contribution >= 0.6 is 0 Å². The Kier molecular flexibility index (Phi) is 5.45. The number of ether oxygens (including phenoxy) is 2. The SMILES string of the molecule is COc1ccc([C@@](N)(C2=C=CC(OC)C=C2)C(N)C(C)C)cc1. The van der Waals surface area contributed by atoms with Gasteiger partial charge in [0.05, 0.1) is 12.6 Å². The van der Waals surface area contributed by atoms with E-state index < -0.39 is 5.54 Å². The van der Waals surface area contributed by atoms with Gasteiger partial charge in [-0.3, -0.25) is 0 Å². The highest BCUT2D eigenvalue weighted by atomic mass is 16.5. The molecule has 3 atom stereocenters. The van der Waals surface area contributed by atoms with Gasteiger partial charge in [0.1, 0.15) is 11.9 Å². The average Bonchev–Trinajstić information content (AvgIpc) is 2.60. The van der Waals surface area contributed by atoms with Gasteiger partial charge >= 0.3 is 0 Å². The van der Waals surface area contributed by atoms with Crippen molar-refractivity contribution >= 4 is 0 Å². The van der Waals surface area contributed by atoms with E-state index >= 15 is 0 Å². The van der Waals surface area contributed by atoms with Crippen molar-refractivity contribution in [2.75, 3.05) is 14.2 Å². The van der Waals surface area contributed by atoms with Gasteiger partial charge in [-0.05, 0) is 29.7 Å². The molecule has 4 nitrogen and oxygen atoms in total. The average molecular weight is 314 g/mol. The maximum atomic E-state index is 6.84. The van der Waals surface area contributed by atoms with Crippen LogP contribution in [0.25, 0.3) is 0 Å². The maximum Gasteiger partial charge on any atom is 0.118 e. The molecule has 0 aliphatic heterocycles. The molecule has 0 spiro atoms. The molecule has 0 heterocycles. The Morgan fingerprint density at radius 1 is 1.17 bits per heavy atom. The molecule has 1 aromatic rings. The van der Waals surface area contributed by atoms with Crippen LogP contribution < -0.4 is 16.2 Å². The summed E-state index contributed by atoms with van der Waals surface area (Å²) >= 11 is 0. The first-order valence-corrected chi connectivity index (χ1v) is 7.80. The van der Waals surface area contributed by atoms with Crippen LogP contribution in [0.1, 0.15) is 19.4 Å². The van der Waals surface area contributed by atoms with Gasteiger partial charge in [0.15, 0.2) is 0 Å². The van der Waals surface area contributed by atoms with E-state index in [0.717, 1.165) is 16.9 Å². The van der Waals surface area contributed by atoms with Crippen LogP contribution in [0.4, 0.5) is 0 Å². The third kappa shape index (κ3) is 3.41. The van der Waals surface area contributed by atoms with Crippen LogP contribution in [0, 0.1) is 5.92 Å². The largest absolute Gasteiger partial charge is 0.497 e. The van der Waals surface area contributed by atoms with E-state index in [1.807, 2.05) is 42.5 Å². The van der Waals surface area contributed by atoms with Gasteiger partial charge in [0.25, 0.3) is 0 Å². The second kappa shape index (κ2) is 7.16. The Morgan fingerprint density at radius 3 is 2.26 bits per heavy atom. The molecule has 0 saturated carbocycles. The lowest BCUT2D eigenvalue weighted by Gasteiger charge is -2.39. The first-order chi connectivity index (χ1) is 10.9. The number of hydrogen-bond donors (Lipinski definition) is 2. The summed E-state index contributed by atoms with van der Waals surface area (Å²) in [6, 6.07) is 7.48. The van der Waals surface area contributed by atoms with Crippen molar-refractivity contribution in [2.24, 2.45) is 17.4 Å². The van der Waals surface area contributed by atoms with E-state index in [1.165, 1.54) is 0 Å². The molecule has 2 unspecified atom stereocenters. The molecule has 1 aliphatic rings. The number of benzene rings is 1. The third-order valence-electron chi connectivity index (χ3n) is 4.39. The molecule has 124 valence electrons.